The molecule has 0 amide bonds. The Kier molecular flexibility index (Phi) is 4.65. The van der Waals surface area contributed by atoms with Crippen molar-refractivity contribution in [2.75, 3.05) is 25.1 Å². The first-order valence-electron chi connectivity index (χ1n) is 7.07. The van der Waals surface area contributed by atoms with Gasteiger partial charge in [-0.05, 0) is 40.0 Å². The molecule has 0 saturated heterocycles. The molecule has 2 aromatic rings. The molecule has 1 aromatic heterocycles. The Labute approximate surface area is 136 Å². The van der Waals surface area contributed by atoms with Crippen molar-refractivity contribution < 1.29 is 9.47 Å². The zero-order chi connectivity index (χ0) is 14.7. The fourth-order valence-electron chi connectivity index (χ4n) is 2.09. The number of rotatable bonds is 4. The highest BCUT2D eigenvalue weighted by atomic mass is 79.9. The van der Waals surface area contributed by atoms with E-state index in [-0.39, 0.29) is 0 Å². The first-order valence-corrected chi connectivity index (χ1v) is 8.68. The number of nitrogens with zero attached hydrogens (tertiary/aromatic N) is 1. The van der Waals surface area contributed by atoms with E-state index < -0.39 is 0 Å². The zero-order valence-corrected chi connectivity index (χ0v) is 14.2. The fourth-order valence-corrected chi connectivity index (χ4v) is 3.48. The lowest BCUT2D eigenvalue weighted by Crippen LogP contribution is -1.97. The maximum Gasteiger partial charge on any atom is 0.183 e. The number of hydrogen-bond donors (Lipinski definition) is 1. The molecule has 0 spiro atoms. The molecule has 0 fully saturated rings. The molecule has 0 radical (unpaired) electrons. The number of fused-ring (bicyclic) bond motifs is 1. The zero-order valence-electron chi connectivity index (χ0n) is 11.8. The van der Waals surface area contributed by atoms with Crippen LogP contribution in [0.2, 0.25) is 0 Å². The Morgan fingerprint density at radius 2 is 2.19 bits per heavy atom. The first-order chi connectivity index (χ1) is 10.3. The van der Waals surface area contributed by atoms with Gasteiger partial charge in [0.2, 0.25) is 0 Å². The van der Waals surface area contributed by atoms with Gasteiger partial charge in [-0.3, -0.25) is 0 Å². The molecule has 0 saturated carbocycles. The second-order valence-electron chi connectivity index (χ2n) is 4.79. The molecule has 112 valence electrons. The predicted molar refractivity (Wildman–Crippen MR) is 89.6 cm³/mol. The second kappa shape index (κ2) is 6.66. The highest BCUT2D eigenvalue weighted by Gasteiger charge is 2.17. The highest BCUT2D eigenvalue weighted by molar-refractivity contribution is 9.10. The van der Waals surface area contributed by atoms with Gasteiger partial charge in [-0.2, -0.15) is 0 Å². The average molecular weight is 369 g/mol. The van der Waals surface area contributed by atoms with E-state index in [4.69, 9.17) is 9.47 Å². The normalized spacial score (nSPS) is 13.8. The van der Waals surface area contributed by atoms with Gasteiger partial charge < -0.3 is 14.8 Å². The van der Waals surface area contributed by atoms with E-state index in [1.165, 1.54) is 0 Å². The van der Waals surface area contributed by atoms with Crippen molar-refractivity contribution in [1.82, 2.24) is 4.98 Å². The van der Waals surface area contributed by atoms with Crippen molar-refractivity contribution in [3.8, 4) is 21.9 Å². The lowest BCUT2D eigenvalue weighted by molar-refractivity contribution is 0.296. The molecule has 1 aliphatic rings. The molecule has 0 bridgehead atoms. The summed E-state index contributed by atoms with van der Waals surface area (Å²) in [6.07, 6.45) is 3.89. The van der Waals surface area contributed by atoms with E-state index >= 15 is 0 Å². The minimum Gasteiger partial charge on any atom is -0.489 e. The number of anilines is 1. The number of thiazole rings is 1. The maximum absolute atomic E-state index is 5.78. The molecule has 1 N–H and O–H groups in total. The summed E-state index contributed by atoms with van der Waals surface area (Å²) >= 11 is 5.23. The Morgan fingerprint density at radius 3 is 3.05 bits per heavy atom. The average Bonchev–Trinajstić information content (AvgIpc) is 2.82. The van der Waals surface area contributed by atoms with E-state index in [0.29, 0.717) is 13.2 Å². The van der Waals surface area contributed by atoms with Crippen LogP contribution in [0.1, 0.15) is 19.8 Å². The van der Waals surface area contributed by atoms with Crippen LogP contribution < -0.4 is 14.8 Å². The van der Waals surface area contributed by atoms with Crippen molar-refractivity contribution >= 4 is 32.4 Å². The fraction of sp³-hybridized carbons (Fsp3) is 0.400. The van der Waals surface area contributed by atoms with Crippen LogP contribution in [-0.4, -0.2) is 24.7 Å². The summed E-state index contributed by atoms with van der Waals surface area (Å²) < 4.78 is 12.4. The van der Waals surface area contributed by atoms with Gasteiger partial charge >= 0.3 is 0 Å². The SMILES string of the molecule is CCCNc1ncc(-c2cc(Br)c3c(c2)OCCCO3)s1. The summed E-state index contributed by atoms with van der Waals surface area (Å²) in [5.74, 6) is 1.60. The summed E-state index contributed by atoms with van der Waals surface area (Å²) in [5.41, 5.74) is 1.09. The van der Waals surface area contributed by atoms with Crippen molar-refractivity contribution in [1.29, 1.82) is 0 Å². The van der Waals surface area contributed by atoms with E-state index in [1.54, 1.807) is 11.3 Å². The third-order valence-electron chi connectivity index (χ3n) is 3.12. The lowest BCUT2D eigenvalue weighted by Gasteiger charge is -2.10. The van der Waals surface area contributed by atoms with Gasteiger partial charge in [0.25, 0.3) is 0 Å². The summed E-state index contributed by atoms with van der Waals surface area (Å²) in [4.78, 5) is 5.53. The smallest absolute Gasteiger partial charge is 0.183 e. The first kappa shape index (κ1) is 14.7. The minimum atomic E-state index is 0.689. The Bertz CT molecular complexity index is 630. The molecular formula is C15H17BrN2O2S. The Balaban J connectivity index is 1.90. The van der Waals surface area contributed by atoms with Gasteiger partial charge in [-0.1, -0.05) is 18.3 Å². The van der Waals surface area contributed by atoms with Crippen LogP contribution in [-0.2, 0) is 0 Å². The summed E-state index contributed by atoms with van der Waals surface area (Å²) in [7, 11) is 0. The van der Waals surface area contributed by atoms with Gasteiger partial charge in [0, 0.05) is 19.2 Å². The standard InChI is InChI=1S/C15H17BrN2O2S/c1-2-4-17-15-18-9-13(21-15)10-7-11(16)14-12(8-10)19-5-3-6-20-14/h7-9H,2-6H2,1H3,(H,17,18). The van der Waals surface area contributed by atoms with Gasteiger partial charge in [-0.15, -0.1) is 0 Å². The van der Waals surface area contributed by atoms with Crippen molar-refractivity contribution in [3.05, 3.63) is 22.8 Å². The quantitative estimate of drug-likeness (QED) is 0.858. The summed E-state index contributed by atoms with van der Waals surface area (Å²) in [5, 5.41) is 4.26. The summed E-state index contributed by atoms with van der Waals surface area (Å²) in [6, 6.07) is 4.09. The highest BCUT2D eigenvalue weighted by Crippen LogP contribution is 2.42. The number of hydrogen-bond acceptors (Lipinski definition) is 5. The monoisotopic (exact) mass is 368 g/mol. The third kappa shape index (κ3) is 3.32. The Hall–Kier alpha value is -1.27. The van der Waals surface area contributed by atoms with Crippen LogP contribution in [0.25, 0.3) is 10.4 Å². The van der Waals surface area contributed by atoms with Crippen molar-refractivity contribution in [2.24, 2.45) is 0 Å². The summed E-state index contributed by atoms with van der Waals surface area (Å²) in [6.45, 7) is 4.46. The van der Waals surface area contributed by atoms with Crippen LogP contribution in [0.15, 0.2) is 22.8 Å². The molecule has 1 aliphatic heterocycles. The lowest BCUT2D eigenvalue weighted by atomic mass is 10.2. The second-order valence-corrected chi connectivity index (χ2v) is 6.68. The molecule has 0 unspecified atom stereocenters. The van der Waals surface area contributed by atoms with Crippen LogP contribution in [0.4, 0.5) is 5.13 Å². The molecule has 6 heteroatoms. The molecule has 4 nitrogen and oxygen atoms in total. The van der Waals surface area contributed by atoms with E-state index in [1.807, 2.05) is 12.3 Å². The molecule has 2 heterocycles. The topological polar surface area (TPSA) is 43.4 Å². The Morgan fingerprint density at radius 1 is 1.33 bits per heavy atom. The number of aromatic nitrogens is 1. The van der Waals surface area contributed by atoms with Crippen LogP contribution in [0.5, 0.6) is 11.5 Å². The molecule has 1 aromatic carbocycles. The van der Waals surface area contributed by atoms with Crippen molar-refractivity contribution in [3.63, 3.8) is 0 Å². The number of nitrogens with one attached hydrogen (secondary N) is 1. The maximum atomic E-state index is 5.78. The molecule has 0 aliphatic carbocycles. The van der Waals surface area contributed by atoms with Crippen LogP contribution in [0.3, 0.4) is 0 Å². The van der Waals surface area contributed by atoms with Gasteiger partial charge in [0.15, 0.2) is 16.6 Å². The van der Waals surface area contributed by atoms with Crippen LogP contribution >= 0.6 is 27.3 Å². The molecule has 0 atom stereocenters. The van der Waals surface area contributed by atoms with E-state index in [2.05, 4.69) is 39.2 Å². The number of halogens is 1. The van der Waals surface area contributed by atoms with Gasteiger partial charge in [-0.25, -0.2) is 4.98 Å². The predicted octanol–water partition coefficient (Wildman–Crippen LogP) is 4.56. The van der Waals surface area contributed by atoms with Gasteiger partial charge in [0.05, 0.1) is 22.6 Å². The van der Waals surface area contributed by atoms with Gasteiger partial charge in [0.1, 0.15) is 0 Å². The number of ether oxygens (including phenoxy) is 2. The minimum absolute atomic E-state index is 0.689. The van der Waals surface area contributed by atoms with Crippen LogP contribution in [0, 0.1) is 0 Å². The molecule has 21 heavy (non-hydrogen) atoms. The van der Waals surface area contributed by atoms with E-state index in [9.17, 15) is 0 Å². The number of benzene rings is 1. The van der Waals surface area contributed by atoms with E-state index in [0.717, 1.165) is 50.9 Å². The largest absolute Gasteiger partial charge is 0.489 e. The van der Waals surface area contributed by atoms with Crippen molar-refractivity contribution in [2.45, 2.75) is 19.8 Å². The molecular weight excluding hydrogens is 352 g/mol. The molecule has 3 rings (SSSR count). The third-order valence-corrected chi connectivity index (χ3v) is 4.71.